The van der Waals surface area contributed by atoms with E-state index < -0.39 is 24.0 Å². The molecular formula is C12H21NO5. The molecule has 104 valence electrons. The fraction of sp³-hybridized carbons (Fsp3) is 0.750. The molecule has 2 atom stereocenters. The quantitative estimate of drug-likeness (QED) is 0.583. The Kier molecular flexibility index (Phi) is 7.19. The molecule has 3 N–H and O–H groups in total. The first kappa shape index (κ1) is 16.6. The second-order valence-electron chi connectivity index (χ2n) is 4.79. The summed E-state index contributed by atoms with van der Waals surface area (Å²) in [6.07, 6.45) is -0.836. The van der Waals surface area contributed by atoms with Crippen molar-refractivity contribution >= 4 is 17.7 Å². The zero-order valence-electron chi connectivity index (χ0n) is 11.0. The third kappa shape index (κ3) is 7.01. The molecule has 0 spiro atoms. The summed E-state index contributed by atoms with van der Waals surface area (Å²) < 4.78 is 0. The number of hydrogen-bond acceptors (Lipinski definition) is 4. The first-order valence-corrected chi connectivity index (χ1v) is 5.94. The van der Waals surface area contributed by atoms with Gasteiger partial charge in [0.15, 0.2) is 0 Å². The van der Waals surface area contributed by atoms with Crippen molar-refractivity contribution in [3.63, 3.8) is 0 Å². The van der Waals surface area contributed by atoms with Gasteiger partial charge in [-0.05, 0) is 25.7 Å². The number of aliphatic carboxylic acids is 1. The summed E-state index contributed by atoms with van der Waals surface area (Å²) in [4.78, 5) is 33.2. The number of carboxylic acids is 1. The van der Waals surface area contributed by atoms with E-state index in [1.54, 1.807) is 0 Å². The Bertz CT molecular complexity index is 314. The smallest absolute Gasteiger partial charge is 0.326 e. The highest BCUT2D eigenvalue weighted by molar-refractivity contribution is 5.86. The Morgan fingerprint density at radius 2 is 1.78 bits per heavy atom. The van der Waals surface area contributed by atoms with E-state index in [4.69, 9.17) is 5.11 Å². The fourth-order valence-corrected chi connectivity index (χ4v) is 1.43. The SMILES string of the molecule is CC(=O)CC[C@H](NC(=O)[C@@H](O)CC(C)C)C(=O)O. The molecule has 0 aliphatic carbocycles. The lowest BCUT2D eigenvalue weighted by Crippen LogP contribution is -2.46. The van der Waals surface area contributed by atoms with Gasteiger partial charge < -0.3 is 20.3 Å². The van der Waals surface area contributed by atoms with Crippen LogP contribution in [0.4, 0.5) is 0 Å². The van der Waals surface area contributed by atoms with E-state index in [0.717, 1.165) is 0 Å². The number of aliphatic hydroxyl groups is 1. The van der Waals surface area contributed by atoms with Gasteiger partial charge in [-0.25, -0.2) is 4.79 Å². The van der Waals surface area contributed by atoms with Crippen molar-refractivity contribution in [2.24, 2.45) is 5.92 Å². The highest BCUT2D eigenvalue weighted by Gasteiger charge is 2.24. The van der Waals surface area contributed by atoms with Crippen molar-refractivity contribution < 1.29 is 24.6 Å². The van der Waals surface area contributed by atoms with Gasteiger partial charge in [0.25, 0.3) is 0 Å². The van der Waals surface area contributed by atoms with Crippen molar-refractivity contribution in [1.82, 2.24) is 5.32 Å². The summed E-state index contributed by atoms with van der Waals surface area (Å²) in [5.41, 5.74) is 0. The normalized spacial score (nSPS) is 14.1. The third-order valence-electron chi connectivity index (χ3n) is 2.40. The Morgan fingerprint density at radius 1 is 1.22 bits per heavy atom. The Labute approximate surface area is 106 Å². The minimum absolute atomic E-state index is 0.0325. The molecule has 0 bridgehead atoms. The van der Waals surface area contributed by atoms with E-state index in [-0.39, 0.29) is 31.0 Å². The van der Waals surface area contributed by atoms with E-state index in [1.807, 2.05) is 13.8 Å². The van der Waals surface area contributed by atoms with E-state index in [1.165, 1.54) is 6.92 Å². The molecule has 0 rings (SSSR count). The lowest BCUT2D eigenvalue weighted by atomic mass is 10.0. The van der Waals surface area contributed by atoms with Gasteiger partial charge in [0.2, 0.25) is 5.91 Å². The van der Waals surface area contributed by atoms with Crippen LogP contribution >= 0.6 is 0 Å². The monoisotopic (exact) mass is 259 g/mol. The highest BCUT2D eigenvalue weighted by atomic mass is 16.4. The van der Waals surface area contributed by atoms with Crippen LogP contribution < -0.4 is 5.32 Å². The van der Waals surface area contributed by atoms with Gasteiger partial charge in [0.05, 0.1) is 0 Å². The summed E-state index contributed by atoms with van der Waals surface area (Å²) in [5, 5.41) is 20.7. The molecule has 0 heterocycles. The molecule has 0 aromatic heterocycles. The highest BCUT2D eigenvalue weighted by Crippen LogP contribution is 2.06. The zero-order chi connectivity index (χ0) is 14.3. The lowest BCUT2D eigenvalue weighted by molar-refractivity contribution is -0.143. The molecule has 0 radical (unpaired) electrons. The minimum atomic E-state index is -1.22. The van der Waals surface area contributed by atoms with E-state index in [9.17, 15) is 19.5 Å². The number of carbonyl (C=O) groups excluding carboxylic acids is 2. The Balaban J connectivity index is 4.35. The van der Waals surface area contributed by atoms with Crippen molar-refractivity contribution in [3.8, 4) is 0 Å². The van der Waals surface area contributed by atoms with Gasteiger partial charge in [-0.1, -0.05) is 13.8 Å². The number of amides is 1. The van der Waals surface area contributed by atoms with Crippen molar-refractivity contribution in [2.75, 3.05) is 0 Å². The van der Waals surface area contributed by atoms with Crippen LogP contribution in [0.5, 0.6) is 0 Å². The van der Waals surface area contributed by atoms with E-state index >= 15 is 0 Å². The summed E-state index contributed by atoms with van der Waals surface area (Å²) in [7, 11) is 0. The number of Topliss-reactive ketones (excluding diaryl/α,β-unsaturated/α-hetero) is 1. The molecule has 1 amide bonds. The molecule has 0 aliphatic heterocycles. The van der Waals surface area contributed by atoms with Gasteiger partial charge in [-0.3, -0.25) is 4.79 Å². The molecule has 0 saturated heterocycles. The number of aliphatic hydroxyl groups excluding tert-OH is 1. The van der Waals surface area contributed by atoms with Gasteiger partial charge in [0, 0.05) is 6.42 Å². The molecule has 6 heteroatoms. The maximum atomic E-state index is 11.5. The molecule has 18 heavy (non-hydrogen) atoms. The summed E-state index contributed by atoms with van der Waals surface area (Å²) >= 11 is 0. The number of hydrogen-bond donors (Lipinski definition) is 3. The van der Waals surface area contributed by atoms with Crippen molar-refractivity contribution in [3.05, 3.63) is 0 Å². The maximum Gasteiger partial charge on any atom is 0.326 e. The Hall–Kier alpha value is -1.43. The summed E-state index contributed by atoms with van der Waals surface area (Å²) in [6, 6.07) is -1.14. The number of rotatable bonds is 8. The Morgan fingerprint density at radius 3 is 2.17 bits per heavy atom. The molecular weight excluding hydrogens is 238 g/mol. The van der Waals surface area contributed by atoms with Crippen LogP contribution in [0.3, 0.4) is 0 Å². The largest absolute Gasteiger partial charge is 0.480 e. The molecule has 0 aromatic carbocycles. The topological polar surface area (TPSA) is 104 Å². The first-order chi connectivity index (χ1) is 8.23. The van der Waals surface area contributed by atoms with Gasteiger partial charge >= 0.3 is 5.97 Å². The van der Waals surface area contributed by atoms with Crippen LogP contribution in [0.2, 0.25) is 0 Å². The average Bonchev–Trinajstić information content (AvgIpc) is 2.21. The van der Waals surface area contributed by atoms with Crippen LogP contribution in [0.1, 0.15) is 40.0 Å². The van der Waals surface area contributed by atoms with Crippen molar-refractivity contribution in [2.45, 2.75) is 52.2 Å². The maximum absolute atomic E-state index is 11.5. The van der Waals surface area contributed by atoms with Crippen LogP contribution in [0.25, 0.3) is 0 Å². The number of ketones is 1. The number of carbonyl (C=O) groups is 3. The predicted octanol–water partition coefficient (Wildman–Crippen LogP) is 0.332. The van der Waals surface area contributed by atoms with Crippen LogP contribution in [-0.2, 0) is 14.4 Å². The molecule has 0 aliphatic rings. The molecule has 0 fully saturated rings. The summed E-state index contributed by atoms with van der Waals surface area (Å²) in [6.45, 7) is 5.05. The van der Waals surface area contributed by atoms with Crippen LogP contribution in [0, 0.1) is 5.92 Å². The molecule has 0 unspecified atom stereocenters. The number of nitrogens with one attached hydrogen (secondary N) is 1. The van der Waals surface area contributed by atoms with Gasteiger partial charge in [-0.15, -0.1) is 0 Å². The minimum Gasteiger partial charge on any atom is -0.480 e. The second-order valence-corrected chi connectivity index (χ2v) is 4.79. The van der Waals surface area contributed by atoms with Crippen LogP contribution in [0.15, 0.2) is 0 Å². The summed E-state index contributed by atoms with van der Waals surface area (Å²) in [5.74, 6) is -1.93. The van der Waals surface area contributed by atoms with Gasteiger partial charge in [-0.2, -0.15) is 0 Å². The average molecular weight is 259 g/mol. The van der Waals surface area contributed by atoms with E-state index in [0.29, 0.717) is 0 Å². The first-order valence-electron chi connectivity index (χ1n) is 5.94. The fourth-order valence-electron chi connectivity index (χ4n) is 1.43. The van der Waals surface area contributed by atoms with E-state index in [2.05, 4.69) is 5.32 Å². The lowest BCUT2D eigenvalue weighted by Gasteiger charge is -2.17. The standard InChI is InChI=1S/C12H21NO5/c1-7(2)6-10(15)11(16)13-9(12(17)18)5-4-8(3)14/h7,9-10,15H,4-6H2,1-3H3,(H,13,16)(H,17,18)/t9-,10-/m0/s1. The second kappa shape index (κ2) is 7.81. The molecule has 0 aromatic rings. The predicted molar refractivity (Wildman–Crippen MR) is 64.9 cm³/mol. The molecule has 6 nitrogen and oxygen atoms in total. The zero-order valence-corrected chi connectivity index (χ0v) is 11.0. The van der Waals surface area contributed by atoms with Crippen LogP contribution in [-0.4, -0.2) is 40.0 Å². The van der Waals surface area contributed by atoms with Gasteiger partial charge in [0.1, 0.15) is 17.9 Å². The van der Waals surface area contributed by atoms with Crippen molar-refractivity contribution in [1.29, 1.82) is 0 Å². The molecule has 0 saturated carbocycles. The number of carboxylic acid groups (broad SMARTS) is 1. The third-order valence-corrected chi connectivity index (χ3v) is 2.40.